The number of benzene rings is 1. The molecule has 0 N–H and O–H groups in total. The summed E-state index contributed by atoms with van der Waals surface area (Å²) in [7, 11) is 1.65. The van der Waals surface area contributed by atoms with Gasteiger partial charge in [0.05, 0.1) is 23.4 Å². The fourth-order valence-corrected chi connectivity index (χ4v) is 2.91. The molecule has 1 aromatic carbocycles. The van der Waals surface area contributed by atoms with Crippen LogP contribution in [0.1, 0.15) is 16.7 Å². The second kappa shape index (κ2) is 5.36. The van der Waals surface area contributed by atoms with E-state index < -0.39 is 0 Å². The Hall–Kier alpha value is -2.51. The van der Waals surface area contributed by atoms with Gasteiger partial charge in [-0.3, -0.25) is 4.57 Å². The first-order valence-corrected chi connectivity index (χ1v) is 7.16. The number of nitriles is 1. The normalized spacial score (nSPS) is 10.7. The van der Waals surface area contributed by atoms with E-state index >= 15 is 0 Å². The highest BCUT2D eigenvalue weighted by molar-refractivity contribution is 6.31. The monoisotopic (exact) mass is 311 g/mol. The molecule has 0 aliphatic carbocycles. The first kappa shape index (κ1) is 14.4. The Balaban J connectivity index is 2.40. The highest BCUT2D eigenvalue weighted by Crippen LogP contribution is 2.32. The van der Waals surface area contributed by atoms with Crippen molar-refractivity contribution in [2.24, 2.45) is 0 Å². The maximum absolute atomic E-state index is 9.37. The minimum atomic E-state index is 0.515. The molecule has 0 aliphatic heterocycles. The summed E-state index contributed by atoms with van der Waals surface area (Å²) in [6.45, 7) is 4.02. The Bertz CT molecular complexity index is 922. The van der Waals surface area contributed by atoms with E-state index in [1.165, 1.54) is 0 Å². The molecule has 0 fully saturated rings. The lowest BCUT2D eigenvalue weighted by atomic mass is 10.1. The standard InChI is InChI=1S/C17H14ClN3O/c1-10-4-5-15(22-3)11(2)16(10)21-9-12(7-19)14-6-13(18)8-20-17(14)21/h4-6,8-9H,1-3H3. The zero-order valence-corrected chi connectivity index (χ0v) is 13.3. The second-order valence-corrected chi connectivity index (χ2v) is 5.54. The van der Waals surface area contributed by atoms with Crippen LogP contribution in [-0.2, 0) is 0 Å². The summed E-state index contributed by atoms with van der Waals surface area (Å²) in [5.74, 6) is 0.801. The third kappa shape index (κ3) is 2.11. The molecular weight excluding hydrogens is 298 g/mol. The molecule has 110 valence electrons. The van der Waals surface area contributed by atoms with Gasteiger partial charge in [-0.2, -0.15) is 5.26 Å². The van der Waals surface area contributed by atoms with Crippen molar-refractivity contribution in [1.82, 2.24) is 9.55 Å². The Labute approximate surface area is 133 Å². The highest BCUT2D eigenvalue weighted by atomic mass is 35.5. The SMILES string of the molecule is COc1ccc(C)c(-n2cc(C#N)c3cc(Cl)cnc32)c1C. The average molecular weight is 312 g/mol. The van der Waals surface area contributed by atoms with Crippen LogP contribution >= 0.6 is 11.6 Å². The van der Waals surface area contributed by atoms with Crippen LogP contribution in [0.15, 0.2) is 30.6 Å². The van der Waals surface area contributed by atoms with Gasteiger partial charge in [0.25, 0.3) is 0 Å². The van der Waals surface area contributed by atoms with Crippen molar-refractivity contribution in [1.29, 1.82) is 5.26 Å². The van der Waals surface area contributed by atoms with Crippen LogP contribution in [0.5, 0.6) is 5.75 Å². The second-order valence-electron chi connectivity index (χ2n) is 5.11. The molecule has 3 rings (SSSR count). The molecule has 2 heterocycles. The molecule has 5 heteroatoms. The van der Waals surface area contributed by atoms with Crippen molar-refractivity contribution in [3.05, 3.63) is 52.3 Å². The van der Waals surface area contributed by atoms with Crippen LogP contribution in [-0.4, -0.2) is 16.7 Å². The fraction of sp³-hybridized carbons (Fsp3) is 0.176. The van der Waals surface area contributed by atoms with Crippen molar-refractivity contribution in [3.63, 3.8) is 0 Å². The van der Waals surface area contributed by atoms with E-state index in [9.17, 15) is 5.26 Å². The van der Waals surface area contributed by atoms with Gasteiger partial charge in [0.2, 0.25) is 0 Å². The molecule has 3 aromatic rings. The summed E-state index contributed by atoms with van der Waals surface area (Å²) in [5, 5.41) is 10.6. The maximum Gasteiger partial charge on any atom is 0.145 e. The third-order valence-electron chi connectivity index (χ3n) is 3.77. The summed E-state index contributed by atoms with van der Waals surface area (Å²) >= 11 is 6.01. The maximum atomic E-state index is 9.37. The predicted molar refractivity (Wildman–Crippen MR) is 86.8 cm³/mol. The Morgan fingerprint density at radius 2 is 2.09 bits per heavy atom. The Morgan fingerprint density at radius 1 is 1.32 bits per heavy atom. The van der Waals surface area contributed by atoms with E-state index in [-0.39, 0.29) is 0 Å². The number of methoxy groups -OCH3 is 1. The van der Waals surface area contributed by atoms with E-state index in [2.05, 4.69) is 11.1 Å². The number of nitrogens with zero attached hydrogens (tertiary/aromatic N) is 3. The average Bonchev–Trinajstić information content (AvgIpc) is 2.85. The molecule has 0 saturated heterocycles. The molecule has 0 atom stereocenters. The number of hydrogen-bond donors (Lipinski definition) is 0. The minimum absolute atomic E-state index is 0.515. The zero-order chi connectivity index (χ0) is 15.9. The topological polar surface area (TPSA) is 50.8 Å². The van der Waals surface area contributed by atoms with E-state index in [1.807, 2.05) is 30.5 Å². The summed E-state index contributed by atoms with van der Waals surface area (Å²) in [5.41, 5.74) is 4.31. The number of fused-ring (bicyclic) bond motifs is 1. The number of aromatic nitrogens is 2. The smallest absolute Gasteiger partial charge is 0.145 e. The number of rotatable bonds is 2. The molecule has 22 heavy (non-hydrogen) atoms. The predicted octanol–water partition coefficient (Wildman–Crippen LogP) is 4.18. The molecule has 0 saturated carbocycles. The van der Waals surface area contributed by atoms with Crippen LogP contribution < -0.4 is 4.74 Å². The van der Waals surface area contributed by atoms with Crippen LogP contribution in [0.3, 0.4) is 0 Å². The van der Waals surface area contributed by atoms with Gasteiger partial charge < -0.3 is 4.74 Å². The minimum Gasteiger partial charge on any atom is -0.496 e. The molecular formula is C17H14ClN3O. The lowest BCUT2D eigenvalue weighted by Gasteiger charge is -2.15. The molecule has 2 aromatic heterocycles. The van der Waals surface area contributed by atoms with Crippen LogP contribution in [0.4, 0.5) is 0 Å². The van der Waals surface area contributed by atoms with Crippen molar-refractivity contribution >= 4 is 22.6 Å². The van der Waals surface area contributed by atoms with Gasteiger partial charge in [0.1, 0.15) is 17.5 Å². The number of hydrogen-bond acceptors (Lipinski definition) is 3. The largest absolute Gasteiger partial charge is 0.496 e. The van der Waals surface area contributed by atoms with Gasteiger partial charge in [-0.25, -0.2) is 4.98 Å². The van der Waals surface area contributed by atoms with Crippen LogP contribution in [0.2, 0.25) is 5.02 Å². The summed E-state index contributed by atoms with van der Waals surface area (Å²) in [6.07, 6.45) is 3.38. The number of pyridine rings is 1. The summed E-state index contributed by atoms with van der Waals surface area (Å²) in [4.78, 5) is 4.40. The van der Waals surface area contributed by atoms with Gasteiger partial charge in [-0.05, 0) is 31.5 Å². The molecule has 0 amide bonds. The summed E-state index contributed by atoms with van der Waals surface area (Å²) < 4.78 is 7.33. The number of halogens is 1. The van der Waals surface area contributed by atoms with Crippen molar-refractivity contribution < 1.29 is 4.74 Å². The zero-order valence-electron chi connectivity index (χ0n) is 12.5. The Kier molecular flexibility index (Phi) is 3.51. The van der Waals surface area contributed by atoms with E-state index in [1.54, 1.807) is 25.6 Å². The fourth-order valence-electron chi connectivity index (χ4n) is 2.75. The third-order valence-corrected chi connectivity index (χ3v) is 3.98. The first-order valence-electron chi connectivity index (χ1n) is 6.78. The lowest BCUT2D eigenvalue weighted by molar-refractivity contribution is 0.411. The van der Waals surface area contributed by atoms with Gasteiger partial charge in [-0.1, -0.05) is 17.7 Å². The van der Waals surface area contributed by atoms with Gasteiger partial charge in [-0.15, -0.1) is 0 Å². The molecule has 0 unspecified atom stereocenters. The van der Waals surface area contributed by atoms with Crippen molar-refractivity contribution in [2.75, 3.05) is 7.11 Å². The molecule has 0 radical (unpaired) electrons. The van der Waals surface area contributed by atoms with E-state index in [4.69, 9.17) is 16.3 Å². The Morgan fingerprint density at radius 3 is 2.77 bits per heavy atom. The molecule has 0 spiro atoms. The van der Waals surface area contributed by atoms with Gasteiger partial charge >= 0.3 is 0 Å². The first-order chi connectivity index (χ1) is 10.6. The van der Waals surface area contributed by atoms with E-state index in [0.717, 1.165) is 28.0 Å². The highest BCUT2D eigenvalue weighted by Gasteiger charge is 2.16. The molecule has 0 bridgehead atoms. The molecule has 4 nitrogen and oxygen atoms in total. The van der Waals surface area contributed by atoms with E-state index in [0.29, 0.717) is 16.2 Å². The molecule has 0 aliphatic rings. The van der Waals surface area contributed by atoms with Gasteiger partial charge in [0.15, 0.2) is 0 Å². The lowest BCUT2D eigenvalue weighted by Crippen LogP contribution is -2.01. The van der Waals surface area contributed by atoms with Crippen LogP contribution in [0, 0.1) is 25.2 Å². The quantitative estimate of drug-likeness (QED) is 0.713. The van der Waals surface area contributed by atoms with Crippen molar-refractivity contribution in [3.8, 4) is 17.5 Å². The number of aryl methyl sites for hydroxylation is 1. The summed E-state index contributed by atoms with van der Waals surface area (Å²) in [6, 6.07) is 7.91. The van der Waals surface area contributed by atoms with Crippen LogP contribution in [0.25, 0.3) is 16.7 Å². The van der Waals surface area contributed by atoms with Crippen molar-refractivity contribution in [2.45, 2.75) is 13.8 Å². The number of ether oxygens (including phenoxy) is 1. The van der Waals surface area contributed by atoms with Gasteiger partial charge in [0, 0.05) is 23.3 Å².